The lowest BCUT2D eigenvalue weighted by Crippen LogP contribution is -2.33. The molecule has 23 heavy (non-hydrogen) atoms. The van der Waals surface area contributed by atoms with Crippen molar-refractivity contribution in [2.45, 2.75) is 6.92 Å². The van der Waals surface area contributed by atoms with Gasteiger partial charge in [0.15, 0.2) is 10.9 Å². The molecule has 0 spiro atoms. The molecule has 0 saturated carbocycles. The summed E-state index contributed by atoms with van der Waals surface area (Å²) in [5.41, 5.74) is 0.743. The lowest BCUT2D eigenvalue weighted by molar-refractivity contribution is 0.0950. The molecule has 1 heterocycles. The Morgan fingerprint density at radius 3 is 2.65 bits per heavy atom. The second-order valence-electron chi connectivity index (χ2n) is 4.46. The molecule has 0 aliphatic carbocycles. The molecule has 6 nitrogen and oxygen atoms in total. The maximum absolute atomic E-state index is 11.8. The number of anilines is 1. The normalized spacial score (nSPS) is 10.1. The average molecular weight is 334 g/mol. The van der Waals surface area contributed by atoms with Crippen LogP contribution in [0.3, 0.4) is 0 Å². The summed E-state index contributed by atoms with van der Waals surface area (Å²) >= 11 is 5.09. The van der Waals surface area contributed by atoms with Crippen LogP contribution in [0.25, 0.3) is 0 Å². The van der Waals surface area contributed by atoms with Crippen LogP contribution in [0.2, 0.25) is 0 Å². The first kappa shape index (κ1) is 17.0. The maximum Gasteiger partial charge on any atom is 0.293 e. The van der Waals surface area contributed by atoms with Crippen molar-refractivity contribution in [3.8, 4) is 5.75 Å². The Hall–Kier alpha value is -2.38. The van der Waals surface area contributed by atoms with Crippen molar-refractivity contribution >= 4 is 28.9 Å². The first-order chi connectivity index (χ1) is 11.2. The third-order valence-electron chi connectivity index (χ3n) is 2.78. The minimum Gasteiger partial charge on any atom is -0.491 e. The minimum absolute atomic E-state index is 0.191. The molecule has 0 aliphatic rings. The summed E-state index contributed by atoms with van der Waals surface area (Å²) in [5, 5.41) is 5.64. The largest absolute Gasteiger partial charge is 0.491 e. The molecule has 0 fully saturated rings. The van der Waals surface area contributed by atoms with Gasteiger partial charge in [-0.1, -0.05) is 0 Å². The predicted octanol–water partition coefficient (Wildman–Crippen LogP) is 2.82. The molecule has 1 amide bonds. The number of nitrogens with one attached hydrogen (secondary N) is 2. The summed E-state index contributed by atoms with van der Waals surface area (Å²) < 4.78 is 15.7. The second-order valence-corrected chi connectivity index (χ2v) is 4.86. The molecule has 122 valence electrons. The molecule has 0 saturated heterocycles. The van der Waals surface area contributed by atoms with Crippen LogP contribution in [0, 0.1) is 0 Å². The second kappa shape index (κ2) is 8.92. The number of thiocarbonyl (C=S) groups is 1. The summed E-state index contributed by atoms with van der Waals surface area (Å²) in [4.78, 5) is 11.8. The smallest absolute Gasteiger partial charge is 0.293 e. The zero-order valence-electron chi connectivity index (χ0n) is 12.7. The van der Waals surface area contributed by atoms with E-state index < -0.39 is 5.91 Å². The van der Waals surface area contributed by atoms with Gasteiger partial charge >= 0.3 is 0 Å². The van der Waals surface area contributed by atoms with E-state index in [1.54, 1.807) is 24.3 Å². The van der Waals surface area contributed by atoms with Gasteiger partial charge in [0, 0.05) is 12.3 Å². The Morgan fingerprint density at radius 2 is 2.00 bits per heavy atom. The Labute approximate surface area is 139 Å². The molecule has 7 heteroatoms. The topological polar surface area (TPSA) is 72.7 Å². The van der Waals surface area contributed by atoms with Gasteiger partial charge in [-0.15, -0.1) is 0 Å². The van der Waals surface area contributed by atoms with Gasteiger partial charge < -0.3 is 19.2 Å². The molecule has 2 rings (SSSR count). The van der Waals surface area contributed by atoms with Crippen LogP contribution < -0.4 is 15.4 Å². The van der Waals surface area contributed by atoms with Crippen molar-refractivity contribution < 1.29 is 18.7 Å². The van der Waals surface area contributed by atoms with E-state index in [2.05, 4.69) is 10.6 Å². The zero-order chi connectivity index (χ0) is 16.5. The summed E-state index contributed by atoms with van der Waals surface area (Å²) in [6.45, 7) is 3.67. The number of hydrogen-bond acceptors (Lipinski definition) is 5. The van der Waals surface area contributed by atoms with Crippen LogP contribution in [0.15, 0.2) is 47.1 Å². The number of ether oxygens (including phenoxy) is 2. The van der Waals surface area contributed by atoms with Gasteiger partial charge in [0.1, 0.15) is 12.4 Å². The number of amides is 1. The van der Waals surface area contributed by atoms with Gasteiger partial charge in [-0.05, 0) is 55.5 Å². The van der Waals surface area contributed by atoms with Crippen molar-refractivity contribution in [3.63, 3.8) is 0 Å². The molecule has 0 bridgehead atoms. The maximum atomic E-state index is 11.8. The van der Waals surface area contributed by atoms with Gasteiger partial charge in [-0.25, -0.2) is 0 Å². The van der Waals surface area contributed by atoms with Crippen LogP contribution >= 0.6 is 12.2 Å². The summed E-state index contributed by atoms with van der Waals surface area (Å²) in [7, 11) is 0. The minimum atomic E-state index is -0.400. The first-order valence-electron chi connectivity index (χ1n) is 7.15. The lowest BCUT2D eigenvalue weighted by atomic mass is 10.3. The molecule has 1 aromatic carbocycles. The monoisotopic (exact) mass is 334 g/mol. The quantitative estimate of drug-likeness (QED) is 0.599. The molecule has 2 aromatic rings. The van der Waals surface area contributed by atoms with Gasteiger partial charge in [-0.3, -0.25) is 10.1 Å². The molecule has 0 radical (unpaired) electrons. The van der Waals surface area contributed by atoms with E-state index in [9.17, 15) is 4.79 Å². The Bertz CT molecular complexity index is 626. The van der Waals surface area contributed by atoms with Crippen LogP contribution in [0.4, 0.5) is 5.69 Å². The van der Waals surface area contributed by atoms with Crippen LogP contribution in [0.5, 0.6) is 5.75 Å². The number of furan rings is 1. The van der Waals surface area contributed by atoms with Crippen LogP contribution in [-0.4, -0.2) is 30.8 Å². The number of rotatable bonds is 7. The standard InChI is InChI=1S/C16H18N2O4S/c1-2-20-10-11-21-13-7-5-12(6-8-13)17-16(23)18-15(19)14-4-3-9-22-14/h3-9H,2,10-11H2,1H3,(H2,17,18,19,23). The van der Waals surface area contributed by atoms with Crippen molar-refractivity contribution in [1.82, 2.24) is 5.32 Å². The summed E-state index contributed by atoms with van der Waals surface area (Å²) in [5.74, 6) is 0.538. The van der Waals surface area contributed by atoms with Gasteiger partial charge in [-0.2, -0.15) is 0 Å². The number of hydrogen-bond donors (Lipinski definition) is 2. The molecular weight excluding hydrogens is 316 g/mol. The highest BCUT2D eigenvalue weighted by atomic mass is 32.1. The molecule has 0 aliphatic heterocycles. The molecule has 0 unspecified atom stereocenters. The van der Waals surface area contributed by atoms with E-state index in [0.717, 1.165) is 11.4 Å². The molecular formula is C16H18N2O4S. The summed E-state index contributed by atoms with van der Waals surface area (Å²) in [6, 6.07) is 10.4. The highest BCUT2D eigenvalue weighted by Gasteiger charge is 2.10. The van der Waals surface area contributed by atoms with Crippen LogP contribution in [0.1, 0.15) is 17.5 Å². The van der Waals surface area contributed by atoms with E-state index in [4.69, 9.17) is 26.1 Å². The van der Waals surface area contributed by atoms with Gasteiger partial charge in [0.25, 0.3) is 5.91 Å². The average Bonchev–Trinajstić information content (AvgIpc) is 3.07. The fraction of sp³-hybridized carbons (Fsp3) is 0.250. The first-order valence-corrected chi connectivity index (χ1v) is 7.56. The molecule has 1 aromatic heterocycles. The fourth-order valence-electron chi connectivity index (χ4n) is 1.73. The molecule has 2 N–H and O–H groups in total. The fourth-order valence-corrected chi connectivity index (χ4v) is 1.94. The molecule has 0 atom stereocenters. The van der Waals surface area contributed by atoms with E-state index in [1.165, 1.54) is 6.26 Å². The van der Waals surface area contributed by atoms with Gasteiger partial charge in [0.05, 0.1) is 12.9 Å². The highest BCUT2D eigenvalue weighted by Crippen LogP contribution is 2.15. The zero-order valence-corrected chi connectivity index (χ0v) is 13.5. The van der Waals surface area contributed by atoms with E-state index >= 15 is 0 Å². The van der Waals surface area contributed by atoms with E-state index in [0.29, 0.717) is 19.8 Å². The lowest BCUT2D eigenvalue weighted by Gasteiger charge is -2.10. The number of benzene rings is 1. The van der Waals surface area contributed by atoms with E-state index in [1.807, 2.05) is 19.1 Å². The predicted molar refractivity (Wildman–Crippen MR) is 90.8 cm³/mol. The van der Waals surface area contributed by atoms with Crippen molar-refractivity contribution in [3.05, 3.63) is 48.4 Å². The number of carbonyl (C=O) groups is 1. The Morgan fingerprint density at radius 1 is 1.22 bits per heavy atom. The number of carbonyl (C=O) groups excluding carboxylic acids is 1. The van der Waals surface area contributed by atoms with Gasteiger partial charge in [0.2, 0.25) is 0 Å². The Kier molecular flexibility index (Phi) is 6.58. The third-order valence-corrected chi connectivity index (χ3v) is 2.99. The Balaban J connectivity index is 1.78. The highest BCUT2D eigenvalue weighted by molar-refractivity contribution is 7.80. The van der Waals surface area contributed by atoms with Crippen LogP contribution in [-0.2, 0) is 4.74 Å². The van der Waals surface area contributed by atoms with Crippen molar-refractivity contribution in [2.24, 2.45) is 0 Å². The summed E-state index contributed by atoms with van der Waals surface area (Å²) in [6.07, 6.45) is 1.43. The SMILES string of the molecule is CCOCCOc1ccc(NC(=S)NC(=O)c2ccco2)cc1. The van der Waals surface area contributed by atoms with Crippen molar-refractivity contribution in [1.29, 1.82) is 0 Å². The third kappa shape index (κ3) is 5.72. The van der Waals surface area contributed by atoms with Crippen molar-refractivity contribution in [2.75, 3.05) is 25.1 Å². The van der Waals surface area contributed by atoms with E-state index in [-0.39, 0.29) is 10.9 Å².